The fourth-order valence-electron chi connectivity index (χ4n) is 1.08. The highest BCUT2D eigenvalue weighted by atomic mass is 32.1. The number of ether oxygens (including phenoxy) is 2. The van der Waals surface area contributed by atoms with E-state index >= 15 is 0 Å². The molecule has 0 fully saturated rings. The fourth-order valence-corrected chi connectivity index (χ4v) is 1.72. The Morgan fingerprint density at radius 1 is 1.53 bits per heavy atom. The summed E-state index contributed by atoms with van der Waals surface area (Å²) in [5.41, 5.74) is 0. The van der Waals surface area contributed by atoms with E-state index < -0.39 is 5.97 Å². The third kappa shape index (κ3) is 2.70. The predicted molar refractivity (Wildman–Crippen MR) is 59.9 cm³/mol. The minimum absolute atomic E-state index is 0.110. The zero-order valence-corrected chi connectivity index (χ0v) is 9.60. The van der Waals surface area contributed by atoms with E-state index in [2.05, 4.69) is 9.97 Å². The van der Waals surface area contributed by atoms with Crippen LogP contribution in [0.15, 0.2) is 23.7 Å². The van der Waals surface area contributed by atoms with Crippen molar-refractivity contribution in [1.82, 2.24) is 9.97 Å². The van der Waals surface area contributed by atoms with Crippen molar-refractivity contribution in [3.05, 3.63) is 28.6 Å². The van der Waals surface area contributed by atoms with Crippen LogP contribution in [0, 0.1) is 0 Å². The van der Waals surface area contributed by atoms with Gasteiger partial charge in [-0.3, -0.25) is 0 Å². The lowest BCUT2D eigenvalue weighted by Gasteiger charge is -2.02. The zero-order chi connectivity index (χ0) is 12.3. The van der Waals surface area contributed by atoms with Gasteiger partial charge in [-0.1, -0.05) is 0 Å². The van der Waals surface area contributed by atoms with Gasteiger partial charge in [0.2, 0.25) is 5.88 Å². The molecule has 2 aromatic rings. The van der Waals surface area contributed by atoms with E-state index in [0.29, 0.717) is 11.6 Å². The lowest BCUT2D eigenvalue weighted by molar-refractivity contribution is 0.0702. The van der Waals surface area contributed by atoms with E-state index in [0.717, 1.165) is 11.3 Å². The molecule has 0 saturated carbocycles. The minimum Gasteiger partial charge on any atom is -0.481 e. The third-order valence-electron chi connectivity index (χ3n) is 1.81. The van der Waals surface area contributed by atoms with Gasteiger partial charge in [0.25, 0.3) is 0 Å². The van der Waals surface area contributed by atoms with Crippen LogP contribution in [0.25, 0.3) is 0 Å². The molecule has 0 aliphatic heterocycles. The normalized spacial score (nSPS) is 9.94. The summed E-state index contributed by atoms with van der Waals surface area (Å²) >= 11 is 1.08. The number of methoxy groups -OCH3 is 1. The van der Waals surface area contributed by atoms with Gasteiger partial charge in [-0.25, -0.2) is 9.78 Å². The van der Waals surface area contributed by atoms with Crippen LogP contribution >= 0.6 is 11.3 Å². The molecular weight excluding hydrogens is 244 g/mol. The quantitative estimate of drug-likeness (QED) is 0.896. The summed E-state index contributed by atoms with van der Waals surface area (Å²) in [7, 11) is 1.49. The Hall–Kier alpha value is -2.15. The first kappa shape index (κ1) is 11.3. The van der Waals surface area contributed by atoms with Gasteiger partial charge >= 0.3 is 12.0 Å². The van der Waals surface area contributed by atoms with Crippen LogP contribution in [0.3, 0.4) is 0 Å². The van der Waals surface area contributed by atoms with Crippen LogP contribution in [-0.2, 0) is 0 Å². The van der Waals surface area contributed by atoms with Crippen LogP contribution < -0.4 is 9.47 Å². The average Bonchev–Trinajstić information content (AvgIpc) is 2.78. The molecule has 1 N–H and O–H groups in total. The first-order valence-corrected chi connectivity index (χ1v) is 5.43. The Bertz CT molecular complexity index is 541. The number of hydrogen-bond donors (Lipinski definition) is 1. The summed E-state index contributed by atoms with van der Waals surface area (Å²) < 4.78 is 10.2. The molecule has 0 saturated heterocycles. The number of thiophene rings is 1. The number of hydrogen-bond acceptors (Lipinski definition) is 6. The van der Waals surface area contributed by atoms with Crippen molar-refractivity contribution in [2.75, 3.05) is 7.11 Å². The second kappa shape index (κ2) is 4.79. The molecule has 0 amide bonds. The average molecular weight is 252 g/mol. The molecular formula is C10H8N2O4S. The summed E-state index contributed by atoms with van der Waals surface area (Å²) in [6, 6.07) is 3.11. The van der Waals surface area contributed by atoms with Gasteiger partial charge in [0.1, 0.15) is 10.6 Å². The molecule has 0 aromatic carbocycles. The maximum atomic E-state index is 10.7. The highest BCUT2D eigenvalue weighted by Gasteiger charge is 2.09. The number of carboxylic acids is 1. The van der Waals surface area contributed by atoms with E-state index in [9.17, 15) is 4.79 Å². The summed E-state index contributed by atoms with van der Waals surface area (Å²) in [4.78, 5) is 18.7. The monoisotopic (exact) mass is 252 g/mol. The molecule has 6 nitrogen and oxygen atoms in total. The lowest BCUT2D eigenvalue weighted by Crippen LogP contribution is -1.94. The van der Waals surface area contributed by atoms with Crippen molar-refractivity contribution < 1.29 is 19.4 Å². The minimum atomic E-state index is -0.989. The van der Waals surface area contributed by atoms with Crippen molar-refractivity contribution in [3.8, 4) is 17.6 Å². The Morgan fingerprint density at radius 2 is 2.35 bits per heavy atom. The van der Waals surface area contributed by atoms with Gasteiger partial charge in [-0.05, 0) is 0 Å². The summed E-state index contributed by atoms with van der Waals surface area (Å²) in [6.45, 7) is 0. The summed E-state index contributed by atoms with van der Waals surface area (Å²) in [5.74, 6) is -0.222. The van der Waals surface area contributed by atoms with Gasteiger partial charge in [0, 0.05) is 23.7 Å². The number of carboxylic acid groups (broad SMARTS) is 1. The molecule has 0 bridgehead atoms. The van der Waals surface area contributed by atoms with Crippen molar-refractivity contribution in [2.24, 2.45) is 0 Å². The zero-order valence-electron chi connectivity index (χ0n) is 8.78. The van der Waals surface area contributed by atoms with Gasteiger partial charge in [-0.2, -0.15) is 4.98 Å². The fraction of sp³-hybridized carbons (Fsp3) is 0.100. The molecule has 2 aromatic heterocycles. The number of carbonyl (C=O) groups is 1. The van der Waals surface area contributed by atoms with Crippen LogP contribution in [0.2, 0.25) is 0 Å². The third-order valence-corrected chi connectivity index (χ3v) is 2.71. The van der Waals surface area contributed by atoms with Crippen LogP contribution in [0.5, 0.6) is 17.6 Å². The molecule has 0 spiro atoms. The van der Waals surface area contributed by atoms with Crippen LogP contribution in [0.4, 0.5) is 0 Å². The lowest BCUT2D eigenvalue weighted by atomic mass is 10.4. The summed E-state index contributed by atoms with van der Waals surface area (Å²) in [6.07, 6.45) is 1.49. The Kier molecular flexibility index (Phi) is 3.20. The SMILES string of the molecule is COc1ccnc(Oc2csc(C(=O)O)c2)n1. The molecule has 0 unspecified atom stereocenters. The number of aromatic nitrogens is 2. The molecule has 2 heterocycles. The van der Waals surface area contributed by atoms with E-state index in [1.807, 2.05) is 0 Å². The number of nitrogens with zero attached hydrogens (tertiary/aromatic N) is 2. The standard InChI is InChI=1S/C10H8N2O4S/c1-15-8-2-3-11-10(12-8)16-6-4-7(9(13)14)17-5-6/h2-5H,1H3,(H,13,14). The van der Waals surface area contributed by atoms with E-state index in [-0.39, 0.29) is 10.9 Å². The molecule has 88 valence electrons. The van der Waals surface area contributed by atoms with Gasteiger partial charge < -0.3 is 14.6 Å². The molecule has 0 aliphatic rings. The van der Waals surface area contributed by atoms with Crippen LogP contribution in [-0.4, -0.2) is 28.2 Å². The highest BCUT2D eigenvalue weighted by molar-refractivity contribution is 7.12. The van der Waals surface area contributed by atoms with Crippen molar-refractivity contribution in [1.29, 1.82) is 0 Å². The van der Waals surface area contributed by atoms with E-state index in [4.69, 9.17) is 14.6 Å². The largest absolute Gasteiger partial charge is 0.481 e. The van der Waals surface area contributed by atoms with Crippen LogP contribution in [0.1, 0.15) is 9.67 Å². The molecule has 0 aliphatic carbocycles. The number of aromatic carboxylic acids is 1. The first-order valence-electron chi connectivity index (χ1n) is 4.56. The van der Waals surface area contributed by atoms with E-state index in [1.165, 1.54) is 19.4 Å². The van der Waals surface area contributed by atoms with Crippen molar-refractivity contribution >= 4 is 17.3 Å². The van der Waals surface area contributed by atoms with Crippen molar-refractivity contribution in [2.45, 2.75) is 0 Å². The van der Waals surface area contributed by atoms with Gasteiger partial charge in [0.15, 0.2) is 0 Å². The maximum absolute atomic E-state index is 10.7. The second-order valence-electron chi connectivity index (χ2n) is 2.94. The molecule has 17 heavy (non-hydrogen) atoms. The Morgan fingerprint density at radius 3 is 3.00 bits per heavy atom. The smallest absolute Gasteiger partial charge is 0.346 e. The maximum Gasteiger partial charge on any atom is 0.346 e. The Labute approximate surface area is 100 Å². The van der Waals surface area contributed by atoms with E-state index in [1.54, 1.807) is 11.4 Å². The topological polar surface area (TPSA) is 81.5 Å². The molecule has 0 radical (unpaired) electrons. The van der Waals surface area contributed by atoms with Gasteiger partial charge in [0.05, 0.1) is 7.11 Å². The predicted octanol–water partition coefficient (Wildman–Crippen LogP) is 2.04. The summed E-state index contributed by atoms with van der Waals surface area (Å²) in [5, 5.41) is 10.3. The molecule has 2 rings (SSSR count). The molecule has 0 atom stereocenters. The van der Waals surface area contributed by atoms with Crippen molar-refractivity contribution in [3.63, 3.8) is 0 Å². The highest BCUT2D eigenvalue weighted by Crippen LogP contribution is 2.25. The Balaban J connectivity index is 2.16. The number of rotatable bonds is 4. The second-order valence-corrected chi connectivity index (χ2v) is 3.85. The van der Waals surface area contributed by atoms with Gasteiger partial charge in [-0.15, -0.1) is 11.3 Å². The molecule has 7 heteroatoms. The first-order chi connectivity index (χ1) is 8.19.